The minimum Gasteiger partial charge on any atom is -0.477 e. The van der Waals surface area contributed by atoms with Crippen LogP contribution in [0.1, 0.15) is 77.2 Å². The minimum absolute atomic E-state index is 0.132. The van der Waals surface area contributed by atoms with E-state index in [-0.39, 0.29) is 5.82 Å². The van der Waals surface area contributed by atoms with Gasteiger partial charge in [0, 0.05) is 11.6 Å². The number of hydrogen-bond acceptors (Lipinski definition) is 3. The first-order valence-corrected chi connectivity index (χ1v) is 11.4. The van der Waals surface area contributed by atoms with Crippen LogP contribution in [0.15, 0.2) is 30.3 Å². The first-order chi connectivity index (χ1) is 14.2. The molecular weight excluding hydrogens is 363 g/mol. The molecule has 0 atom stereocenters. The summed E-state index contributed by atoms with van der Waals surface area (Å²) in [6, 6.07) is 9.09. The molecule has 0 bridgehead atoms. The zero-order chi connectivity index (χ0) is 20.5. The van der Waals surface area contributed by atoms with Crippen molar-refractivity contribution >= 4 is 0 Å². The lowest BCUT2D eigenvalue weighted by Gasteiger charge is -2.28. The van der Waals surface area contributed by atoms with Crippen molar-refractivity contribution in [3.05, 3.63) is 41.7 Å². The number of benzene rings is 1. The molecule has 1 aromatic carbocycles. The van der Waals surface area contributed by atoms with Gasteiger partial charge < -0.3 is 4.74 Å². The number of rotatable bonds is 10. The Hall–Kier alpha value is -1.97. The van der Waals surface area contributed by atoms with Gasteiger partial charge in [-0.25, -0.2) is 4.39 Å². The van der Waals surface area contributed by atoms with Crippen LogP contribution >= 0.6 is 0 Å². The summed E-state index contributed by atoms with van der Waals surface area (Å²) < 4.78 is 20.1. The van der Waals surface area contributed by atoms with Gasteiger partial charge in [-0.2, -0.15) is 0 Å². The molecule has 0 N–H and O–H groups in total. The fourth-order valence-corrected chi connectivity index (χ4v) is 4.33. The van der Waals surface area contributed by atoms with Crippen molar-refractivity contribution in [2.75, 3.05) is 6.61 Å². The molecule has 0 amide bonds. The van der Waals surface area contributed by atoms with Crippen LogP contribution in [0.4, 0.5) is 4.39 Å². The maximum atomic E-state index is 14.7. The quantitative estimate of drug-likeness (QED) is 0.432. The summed E-state index contributed by atoms with van der Waals surface area (Å²) in [6.45, 7) is 4.94. The summed E-state index contributed by atoms with van der Waals surface area (Å²) in [6.07, 6.45) is 12.3. The molecule has 158 valence electrons. The van der Waals surface area contributed by atoms with E-state index in [4.69, 9.17) is 4.74 Å². The maximum Gasteiger partial charge on any atom is 0.233 e. The predicted octanol–water partition coefficient (Wildman–Crippen LogP) is 7.00. The lowest BCUT2D eigenvalue weighted by molar-refractivity contribution is 0.249. The Morgan fingerprint density at radius 1 is 0.931 bits per heavy atom. The van der Waals surface area contributed by atoms with Crippen LogP contribution in [0.3, 0.4) is 0 Å². The molecule has 0 radical (unpaired) electrons. The first-order valence-electron chi connectivity index (χ1n) is 11.4. The van der Waals surface area contributed by atoms with E-state index >= 15 is 0 Å². The molecule has 4 heteroatoms. The second-order valence-electron chi connectivity index (χ2n) is 8.48. The predicted molar refractivity (Wildman–Crippen MR) is 117 cm³/mol. The van der Waals surface area contributed by atoms with Gasteiger partial charge in [0.05, 0.1) is 12.3 Å². The van der Waals surface area contributed by atoms with Crippen molar-refractivity contribution < 1.29 is 9.13 Å². The lowest BCUT2D eigenvalue weighted by Crippen LogP contribution is -2.15. The molecule has 0 aliphatic heterocycles. The molecular formula is C25H35FN2O. The van der Waals surface area contributed by atoms with Crippen LogP contribution in [0, 0.1) is 17.7 Å². The SMILES string of the molecule is CCCC[C@H]1CC[C@H](CCc2ccc(-c3ccc(OCCC)nn3)cc2F)CC1. The summed E-state index contributed by atoms with van der Waals surface area (Å²) in [7, 11) is 0. The highest BCUT2D eigenvalue weighted by Gasteiger charge is 2.21. The van der Waals surface area contributed by atoms with Gasteiger partial charge in [0.25, 0.3) is 0 Å². The van der Waals surface area contributed by atoms with Crippen LogP contribution in [0.5, 0.6) is 5.88 Å². The zero-order valence-corrected chi connectivity index (χ0v) is 18.0. The normalized spacial score (nSPS) is 19.3. The van der Waals surface area contributed by atoms with Crippen LogP contribution in [0.2, 0.25) is 0 Å². The molecule has 1 fully saturated rings. The smallest absolute Gasteiger partial charge is 0.233 e. The van der Waals surface area contributed by atoms with Crippen LogP contribution in [-0.2, 0) is 6.42 Å². The van der Waals surface area contributed by atoms with Gasteiger partial charge in [-0.1, -0.05) is 70.9 Å². The van der Waals surface area contributed by atoms with E-state index in [1.807, 2.05) is 25.1 Å². The van der Waals surface area contributed by atoms with E-state index < -0.39 is 0 Å². The van der Waals surface area contributed by atoms with Crippen LogP contribution < -0.4 is 4.74 Å². The van der Waals surface area contributed by atoms with E-state index in [0.717, 1.165) is 42.2 Å². The van der Waals surface area contributed by atoms with Crippen molar-refractivity contribution in [1.82, 2.24) is 10.2 Å². The Balaban J connectivity index is 1.51. The van der Waals surface area contributed by atoms with E-state index in [2.05, 4.69) is 17.1 Å². The fraction of sp³-hybridized carbons (Fsp3) is 0.600. The molecule has 3 rings (SSSR count). The second kappa shape index (κ2) is 11.3. The third kappa shape index (κ3) is 6.52. The largest absolute Gasteiger partial charge is 0.477 e. The lowest BCUT2D eigenvalue weighted by atomic mass is 9.78. The molecule has 2 aromatic rings. The second-order valence-corrected chi connectivity index (χ2v) is 8.48. The van der Waals surface area contributed by atoms with Crippen molar-refractivity contribution in [2.24, 2.45) is 11.8 Å². The number of unbranched alkanes of at least 4 members (excludes halogenated alkanes) is 1. The van der Waals surface area contributed by atoms with Crippen LogP contribution in [0.25, 0.3) is 11.3 Å². The topological polar surface area (TPSA) is 35.0 Å². The van der Waals surface area contributed by atoms with E-state index in [9.17, 15) is 4.39 Å². The summed E-state index contributed by atoms with van der Waals surface area (Å²) in [5.41, 5.74) is 2.25. The molecule has 0 unspecified atom stereocenters. The Bertz CT molecular complexity index is 739. The molecule has 0 saturated heterocycles. The fourth-order valence-electron chi connectivity index (χ4n) is 4.33. The molecule has 29 heavy (non-hydrogen) atoms. The van der Waals surface area contributed by atoms with Crippen LogP contribution in [-0.4, -0.2) is 16.8 Å². The summed E-state index contributed by atoms with van der Waals surface area (Å²) in [5, 5.41) is 8.25. The van der Waals surface area contributed by atoms with Gasteiger partial charge in [-0.05, 0) is 48.8 Å². The number of halogens is 1. The van der Waals surface area contributed by atoms with E-state index in [1.54, 1.807) is 12.1 Å². The molecule has 1 aliphatic carbocycles. The molecule has 3 nitrogen and oxygen atoms in total. The monoisotopic (exact) mass is 398 g/mol. The van der Waals surface area contributed by atoms with Gasteiger partial charge >= 0.3 is 0 Å². The van der Waals surface area contributed by atoms with Crippen molar-refractivity contribution in [3.8, 4) is 17.1 Å². The van der Waals surface area contributed by atoms with Crippen molar-refractivity contribution in [3.63, 3.8) is 0 Å². The number of hydrogen-bond donors (Lipinski definition) is 0. The minimum atomic E-state index is -0.132. The number of nitrogens with zero attached hydrogens (tertiary/aromatic N) is 2. The van der Waals surface area contributed by atoms with E-state index in [0.29, 0.717) is 18.2 Å². The highest BCUT2D eigenvalue weighted by Crippen LogP contribution is 2.34. The van der Waals surface area contributed by atoms with Gasteiger partial charge in [0.2, 0.25) is 5.88 Å². The standard InChI is InChI=1S/C25H35FN2O/c1-3-5-6-19-7-9-20(10-8-19)11-12-21-13-14-22(18-23(21)26)24-15-16-25(28-27-24)29-17-4-2/h13-16,18-20H,3-12,17H2,1-2H3/t19-,20-. The Morgan fingerprint density at radius 3 is 2.31 bits per heavy atom. The molecule has 1 aliphatic rings. The number of aryl methyl sites for hydroxylation is 1. The van der Waals surface area contributed by atoms with Gasteiger partial charge in [0.1, 0.15) is 5.82 Å². The van der Waals surface area contributed by atoms with Gasteiger partial charge in [0.15, 0.2) is 0 Å². The average molecular weight is 399 g/mol. The third-order valence-corrected chi connectivity index (χ3v) is 6.20. The number of aromatic nitrogens is 2. The highest BCUT2D eigenvalue weighted by molar-refractivity contribution is 5.59. The summed E-state index contributed by atoms with van der Waals surface area (Å²) in [4.78, 5) is 0. The first kappa shape index (κ1) is 21.7. The zero-order valence-electron chi connectivity index (χ0n) is 18.0. The highest BCUT2D eigenvalue weighted by atomic mass is 19.1. The Kier molecular flexibility index (Phi) is 8.45. The number of ether oxygens (including phenoxy) is 1. The van der Waals surface area contributed by atoms with Gasteiger partial charge in [-0.3, -0.25) is 0 Å². The average Bonchev–Trinajstić information content (AvgIpc) is 2.76. The maximum absolute atomic E-state index is 14.7. The molecule has 1 heterocycles. The molecule has 0 spiro atoms. The third-order valence-electron chi connectivity index (χ3n) is 6.20. The summed E-state index contributed by atoms with van der Waals surface area (Å²) in [5.74, 6) is 2.07. The Labute approximate surface area is 175 Å². The molecule has 1 saturated carbocycles. The van der Waals surface area contributed by atoms with Crippen molar-refractivity contribution in [1.29, 1.82) is 0 Å². The molecule has 1 aromatic heterocycles. The summed E-state index contributed by atoms with van der Waals surface area (Å²) >= 11 is 0. The Morgan fingerprint density at radius 2 is 1.69 bits per heavy atom. The van der Waals surface area contributed by atoms with E-state index in [1.165, 1.54) is 44.9 Å². The van der Waals surface area contributed by atoms with Crippen molar-refractivity contribution in [2.45, 2.75) is 78.1 Å². The van der Waals surface area contributed by atoms with Gasteiger partial charge in [-0.15, -0.1) is 10.2 Å².